The molecule has 1 amide bonds. The second-order valence-corrected chi connectivity index (χ2v) is 4.77. The SMILES string of the molecule is NOC1CCN(C(=O)Cc2ccnc(Cl)c2)CC1. The largest absolute Gasteiger partial charge is 0.342 e. The molecule has 0 atom stereocenters. The monoisotopic (exact) mass is 269 g/mol. The van der Waals surface area contributed by atoms with Crippen LogP contribution in [0.3, 0.4) is 0 Å². The zero-order chi connectivity index (χ0) is 13.0. The molecule has 6 heteroatoms. The lowest BCUT2D eigenvalue weighted by Crippen LogP contribution is -2.42. The van der Waals surface area contributed by atoms with E-state index in [1.165, 1.54) is 0 Å². The molecule has 2 rings (SSSR count). The van der Waals surface area contributed by atoms with E-state index in [-0.39, 0.29) is 12.0 Å². The van der Waals surface area contributed by atoms with Crippen molar-refractivity contribution in [3.8, 4) is 0 Å². The summed E-state index contributed by atoms with van der Waals surface area (Å²) in [6, 6.07) is 3.52. The maximum absolute atomic E-state index is 12.1. The number of halogens is 1. The molecule has 0 bridgehead atoms. The van der Waals surface area contributed by atoms with E-state index in [4.69, 9.17) is 22.3 Å². The van der Waals surface area contributed by atoms with Gasteiger partial charge in [-0.05, 0) is 30.5 Å². The first kappa shape index (κ1) is 13.3. The Morgan fingerprint density at radius 3 is 2.89 bits per heavy atom. The molecule has 98 valence electrons. The summed E-state index contributed by atoms with van der Waals surface area (Å²) >= 11 is 5.79. The van der Waals surface area contributed by atoms with Crippen molar-refractivity contribution in [2.24, 2.45) is 5.90 Å². The van der Waals surface area contributed by atoms with Crippen molar-refractivity contribution in [1.29, 1.82) is 0 Å². The van der Waals surface area contributed by atoms with Crippen molar-refractivity contribution in [1.82, 2.24) is 9.88 Å². The van der Waals surface area contributed by atoms with Crippen molar-refractivity contribution in [2.75, 3.05) is 13.1 Å². The van der Waals surface area contributed by atoms with Gasteiger partial charge in [0.1, 0.15) is 5.15 Å². The van der Waals surface area contributed by atoms with Gasteiger partial charge in [0.15, 0.2) is 0 Å². The van der Waals surface area contributed by atoms with Crippen LogP contribution in [0.2, 0.25) is 5.15 Å². The Morgan fingerprint density at radius 1 is 1.56 bits per heavy atom. The first-order valence-corrected chi connectivity index (χ1v) is 6.30. The third kappa shape index (κ3) is 3.41. The molecular formula is C12H16ClN3O2. The Morgan fingerprint density at radius 2 is 2.28 bits per heavy atom. The van der Waals surface area contributed by atoms with E-state index in [0.717, 1.165) is 18.4 Å². The van der Waals surface area contributed by atoms with E-state index in [2.05, 4.69) is 4.98 Å². The molecule has 1 aliphatic rings. The fraction of sp³-hybridized carbons (Fsp3) is 0.500. The number of carbonyl (C=O) groups is 1. The van der Waals surface area contributed by atoms with Crippen molar-refractivity contribution < 1.29 is 9.63 Å². The molecule has 1 aromatic heterocycles. The molecule has 2 N–H and O–H groups in total. The van der Waals surface area contributed by atoms with Crippen molar-refractivity contribution in [3.05, 3.63) is 29.0 Å². The highest BCUT2D eigenvalue weighted by atomic mass is 35.5. The van der Waals surface area contributed by atoms with Crippen LogP contribution >= 0.6 is 11.6 Å². The van der Waals surface area contributed by atoms with Crippen LogP contribution in [-0.2, 0) is 16.1 Å². The summed E-state index contributed by atoms with van der Waals surface area (Å²) in [6.45, 7) is 1.39. The highest BCUT2D eigenvalue weighted by Gasteiger charge is 2.22. The maximum atomic E-state index is 12.1. The summed E-state index contributed by atoms with van der Waals surface area (Å²) in [5.41, 5.74) is 0.886. The quantitative estimate of drug-likeness (QED) is 0.660. The molecule has 5 nitrogen and oxygen atoms in total. The van der Waals surface area contributed by atoms with Gasteiger partial charge < -0.3 is 9.74 Å². The number of piperidine rings is 1. The third-order valence-corrected chi connectivity index (χ3v) is 3.34. The summed E-state index contributed by atoms with van der Waals surface area (Å²) in [4.78, 5) is 22.6. The van der Waals surface area contributed by atoms with Gasteiger partial charge in [-0.2, -0.15) is 0 Å². The minimum atomic E-state index is 0.0735. The minimum Gasteiger partial charge on any atom is -0.342 e. The molecule has 2 heterocycles. The number of amides is 1. The molecular weight excluding hydrogens is 254 g/mol. The van der Waals surface area contributed by atoms with Crippen LogP contribution in [0, 0.1) is 0 Å². The molecule has 18 heavy (non-hydrogen) atoms. The smallest absolute Gasteiger partial charge is 0.226 e. The van der Waals surface area contributed by atoms with Gasteiger partial charge in [-0.1, -0.05) is 11.6 Å². The lowest BCUT2D eigenvalue weighted by molar-refractivity contribution is -0.133. The van der Waals surface area contributed by atoms with Gasteiger partial charge in [0.05, 0.1) is 12.5 Å². The lowest BCUT2D eigenvalue weighted by atomic mass is 10.1. The molecule has 1 fully saturated rings. The average Bonchev–Trinajstić information content (AvgIpc) is 2.39. The zero-order valence-corrected chi connectivity index (χ0v) is 10.8. The topological polar surface area (TPSA) is 68.5 Å². The summed E-state index contributed by atoms with van der Waals surface area (Å²) in [5, 5.41) is 0.413. The van der Waals surface area contributed by atoms with Crippen molar-refractivity contribution >= 4 is 17.5 Å². The second-order valence-electron chi connectivity index (χ2n) is 4.38. The van der Waals surface area contributed by atoms with E-state index in [1.54, 1.807) is 18.3 Å². The predicted molar refractivity (Wildman–Crippen MR) is 67.8 cm³/mol. The fourth-order valence-electron chi connectivity index (χ4n) is 2.08. The number of nitrogens with zero attached hydrogens (tertiary/aromatic N) is 2. The summed E-state index contributed by atoms with van der Waals surface area (Å²) in [6.07, 6.45) is 3.62. The highest BCUT2D eigenvalue weighted by Crippen LogP contribution is 2.14. The van der Waals surface area contributed by atoms with Crippen LogP contribution in [0.1, 0.15) is 18.4 Å². The van der Waals surface area contributed by atoms with Crippen LogP contribution < -0.4 is 5.90 Å². The van der Waals surface area contributed by atoms with E-state index in [0.29, 0.717) is 24.7 Å². The number of pyridine rings is 1. The van der Waals surface area contributed by atoms with Gasteiger partial charge in [-0.15, -0.1) is 0 Å². The number of likely N-dealkylation sites (tertiary alicyclic amines) is 1. The molecule has 1 saturated heterocycles. The Kier molecular flexibility index (Phi) is 4.52. The number of hydrogen-bond donors (Lipinski definition) is 1. The molecule has 0 saturated carbocycles. The second kappa shape index (κ2) is 6.13. The Bertz CT molecular complexity index is 420. The van der Waals surface area contributed by atoms with Crippen LogP contribution in [0.15, 0.2) is 18.3 Å². The van der Waals surface area contributed by atoms with Crippen LogP contribution in [-0.4, -0.2) is 35.0 Å². The average molecular weight is 270 g/mol. The van der Waals surface area contributed by atoms with Gasteiger partial charge in [0.25, 0.3) is 0 Å². The first-order chi connectivity index (χ1) is 8.69. The predicted octanol–water partition coefficient (Wildman–Crippen LogP) is 1.16. The molecule has 0 unspecified atom stereocenters. The standard InChI is InChI=1S/C12H16ClN3O2/c13-11-7-9(1-4-15-11)8-12(17)16-5-2-10(18-14)3-6-16/h1,4,7,10H,2-3,5-6,8,14H2. The normalized spacial score (nSPS) is 16.9. The van der Waals surface area contributed by atoms with Crippen molar-refractivity contribution in [2.45, 2.75) is 25.4 Å². The van der Waals surface area contributed by atoms with Crippen LogP contribution in [0.4, 0.5) is 0 Å². The molecule has 1 aromatic rings. The zero-order valence-electron chi connectivity index (χ0n) is 10.0. The number of rotatable bonds is 3. The van der Waals surface area contributed by atoms with E-state index in [1.807, 2.05) is 4.90 Å². The van der Waals surface area contributed by atoms with Gasteiger partial charge in [0.2, 0.25) is 5.91 Å². The summed E-state index contributed by atoms with van der Waals surface area (Å²) in [5.74, 6) is 5.24. The van der Waals surface area contributed by atoms with Crippen molar-refractivity contribution in [3.63, 3.8) is 0 Å². The summed E-state index contributed by atoms with van der Waals surface area (Å²) < 4.78 is 0. The molecule has 0 radical (unpaired) electrons. The first-order valence-electron chi connectivity index (χ1n) is 5.93. The Labute approximate surface area is 111 Å². The number of aromatic nitrogens is 1. The number of hydrogen-bond acceptors (Lipinski definition) is 4. The van der Waals surface area contributed by atoms with Gasteiger partial charge in [-0.25, -0.2) is 10.9 Å². The van der Waals surface area contributed by atoms with E-state index >= 15 is 0 Å². The summed E-state index contributed by atoms with van der Waals surface area (Å²) in [7, 11) is 0. The number of nitrogens with two attached hydrogens (primary N) is 1. The maximum Gasteiger partial charge on any atom is 0.226 e. The van der Waals surface area contributed by atoms with E-state index in [9.17, 15) is 4.79 Å². The minimum absolute atomic E-state index is 0.0735. The van der Waals surface area contributed by atoms with Gasteiger partial charge in [-0.3, -0.25) is 4.79 Å². The van der Waals surface area contributed by atoms with Gasteiger partial charge in [0, 0.05) is 19.3 Å². The molecule has 0 spiro atoms. The van der Waals surface area contributed by atoms with Crippen LogP contribution in [0.25, 0.3) is 0 Å². The third-order valence-electron chi connectivity index (χ3n) is 3.13. The van der Waals surface area contributed by atoms with Gasteiger partial charge >= 0.3 is 0 Å². The molecule has 0 aliphatic carbocycles. The van der Waals surface area contributed by atoms with E-state index < -0.39 is 0 Å². The Balaban J connectivity index is 1.89. The molecule has 1 aliphatic heterocycles. The molecule has 0 aromatic carbocycles. The van der Waals surface area contributed by atoms with Crippen LogP contribution in [0.5, 0.6) is 0 Å². The Hall–Kier alpha value is -1.17. The highest BCUT2D eigenvalue weighted by molar-refractivity contribution is 6.29. The fourth-order valence-corrected chi connectivity index (χ4v) is 2.28. The lowest BCUT2D eigenvalue weighted by Gasteiger charge is -2.30. The number of carbonyl (C=O) groups excluding carboxylic acids is 1.